The highest BCUT2D eigenvalue weighted by Gasteiger charge is 2.50. The Labute approximate surface area is 104 Å². The molecule has 4 bridgehead atoms. The van der Waals surface area contributed by atoms with Crippen LogP contribution >= 0.6 is 0 Å². The van der Waals surface area contributed by atoms with E-state index in [1.165, 1.54) is 37.5 Å². The lowest BCUT2D eigenvalue weighted by Gasteiger charge is -2.53. The molecule has 17 heavy (non-hydrogen) atoms. The fraction of sp³-hybridized carbons (Fsp3) is 0.857. The molecule has 0 spiro atoms. The fourth-order valence-corrected chi connectivity index (χ4v) is 5.46. The van der Waals surface area contributed by atoms with Crippen LogP contribution < -0.4 is 0 Å². The fourth-order valence-electron chi connectivity index (χ4n) is 4.75. The van der Waals surface area contributed by atoms with E-state index in [0.717, 1.165) is 11.8 Å². The molecule has 0 aromatic heterocycles. The Morgan fingerprint density at radius 2 is 1.47 bits per heavy atom. The average molecular weight is 254 g/mol. The Morgan fingerprint density at radius 3 is 1.88 bits per heavy atom. The van der Waals surface area contributed by atoms with Crippen molar-refractivity contribution in [2.45, 2.75) is 32.1 Å². The summed E-state index contributed by atoms with van der Waals surface area (Å²) < 4.78 is 11.8. The summed E-state index contributed by atoms with van der Waals surface area (Å²) in [4.78, 5) is 12.3. The Bertz CT molecular complexity index is 421. The van der Waals surface area contributed by atoms with E-state index in [-0.39, 0.29) is 11.7 Å². The second kappa shape index (κ2) is 3.84. The summed E-state index contributed by atoms with van der Waals surface area (Å²) in [6, 6.07) is 0. The van der Waals surface area contributed by atoms with Crippen molar-refractivity contribution in [3.63, 3.8) is 0 Å². The summed E-state index contributed by atoms with van der Waals surface area (Å²) in [5.74, 6) is 3.41. The van der Waals surface area contributed by atoms with Gasteiger partial charge in [-0.25, -0.2) is 0 Å². The number of rotatable bonds is 2. The largest absolute Gasteiger partial charge is 0.294 e. The van der Waals surface area contributed by atoms with Crippen molar-refractivity contribution in [1.29, 1.82) is 0 Å². The van der Waals surface area contributed by atoms with Crippen LogP contribution in [0.15, 0.2) is 0 Å². The van der Waals surface area contributed by atoms with E-state index >= 15 is 0 Å². The lowest BCUT2D eigenvalue weighted by molar-refractivity contribution is -0.128. The molecule has 0 aromatic carbocycles. The Hall–Kier alpha value is -0.310. The van der Waals surface area contributed by atoms with Crippen LogP contribution in [0.2, 0.25) is 0 Å². The third-order valence-corrected chi connectivity index (χ3v) is 5.76. The maximum Gasteiger partial charge on any atom is 0.167 e. The first-order valence-electron chi connectivity index (χ1n) is 6.75. The molecule has 0 aromatic rings. The van der Waals surface area contributed by atoms with Gasteiger partial charge in [0, 0.05) is 23.8 Å². The van der Waals surface area contributed by atoms with Crippen molar-refractivity contribution in [3.05, 3.63) is 0 Å². The molecule has 4 fully saturated rings. The zero-order chi connectivity index (χ0) is 12.2. The van der Waals surface area contributed by atoms with Gasteiger partial charge in [0.05, 0.1) is 0 Å². The van der Waals surface area contributed by atoms with Crippen LogP contribution in [0.4, 0.5) is 0 Å². The molecule has 4 aliphatic rings. The molecule has 0 unspecified atom stereocenters. The molecule has 4 aliphatic carbocycles. The number of ketones is 1. The van der Waals surface area contributed by atoms with Crippen LogP contribution in [0.3, 0.4) is 0 Å². The normalized spacial score (nSPS) is 43.8. The van der Waals surface area contributed by atoms with Gasteiger partial charge in [-0.05, 0) is 65.3 Å². The number of carbonyl (C=O) groups is 1. The first-order chi connectivity index (χ1) is 7.92. The van der Waals surface area contributed by atoms with Gasteiger partial charge in [-0.2, -0.15) is 0 Å². The van der Waals surface area contributed by atoms with Crippen LogP contribution in [0.5, 0.6) is 0 Å². The summed E-state index contributed by atoms with van der Waals surface area (Å²) in [6.07, 6.45) is 9.77. The second-order valence-electron chi connectivity index (χ2n) is 6.79. The van der Waals surface area contributed by atoms with Crippen LogP contribution in [0, 0.1) is 29.6 Å². The van der Waals surface area contributed by atoms with Gasteiger partial charge in [0.2, 0.25) is 0 Å². The summed E-state index contributed by atoms with van der Waals surface area (Å²) in [5.41, 5.74) is 0. The van der Waals surface area contributed by atoms with Crippen molar-refractivity contribution in [2.75, 3.05) is 12.5 Å². The minimum Gasteiger partial charge on any atom is -0.294 e. The van der Waals surface area contributed by atoms with Crippen molar-refractivity contribution in [1.82, 2.24) is 0 Å². The topological polar surface area (TPSA) is 34.1 Å². The predicted molar refractivity (Wildman–Crippen MR) is 71.6 cm³/mol. The Morgan fingerprint density at radius 1 is 1.00 bits per heavy atom. The van der Waals surface area contributed by atoms with Gasteiger partial charge < -0.3 is 0 Å². The van der Waals surface area contributed by atoms with Gasteiger partial charge in [0.15, 0.2) is 5.78 Å². The first kappa shape index (κ1) is 11.8. The SMILES string of the molecule is CS(C)(=O)=CC(=O)C1C2CC3CC(C2)CC1C3. The van der Waals surface area contributed by atoms with Gasteiger partial charge >= 0.3 is 0 Å². The third-order valence-electron chi connectivity index (χ3n) is 4.96. The second-order valence-corrected chi connectivity index (χ2v) is 9.64. The van der Waals surface area contributed by atoms with Crippen LogP contribution in [0.1, 0.15) is 32.1 Å². The number of hydrogen-bond donors (Lipinski definition) is 0. The predicted octanol–water partition coefficient (Wildman–Crippen LogP) is 1.97. The molecule has 0 aliphatic heterocycles. The lowest BCUT2D eigenvalue weighted by Crippen LogP contribution is -2.48. The maximum absolute atomic E-state index is 12.3. The summed E-state index contributed by atoms with van der Waals surface area (Å²) in [7, 11) is -2.03. The minimum atomic E-state index is -2.03. The van der Waals surface area contributed by atoms with E-state index in [1.54, 1.807) is 12.5 Å². The molecule has 4 rings (SSSR count). The summed E-state index contributed by atoms with van der Waals surface area (Å²) in [5, 5.41) is 1.53. The first-order valence-corrected chi connectivity index (χ1v) is 9.19. The van der Waals surface area contributed by atoms with E-state index in [1.807, 2.05) is 0 Å². The van der Waals surface area contributed by atoms with E-state index < -0.39 is 9.52 Å². The van der Waals surface area contributed by atoms with Gasteiger partial charge in [0.1, 0.15) is 0 Å². The number of carbonyl (C=O) groups excluding carboxylic acids is 1. The van der Waals surface area contributed by atoms with Gasteiger partial charge in [-0.1, -0.05) is 0 Å². The molecular formula is C14H22O2S. The molecule has 2 nitrogen and oxygen atoms in total. The summed E-state index contributed by atoms with van der Waals surface area (Å²) in [6.45, 7) is 0. The molecular weight excluding hydrogens is 232 g/mol. The number of hydrogen-bond acceptors (Lipinski definition) is 2. The monoisotopic (exact) mass is 254 g/mol. The zero-order valence-corrected chi connectivity index (χ0v) is 11.5. The van der Waals surface area contributed by atoms with Crippen LogP contribution in [0.25, 0.3) is 0 Å². The van der Waals surface area contributed by atoms with Crippen molar-refractivity contribution >= 4 is 20.7 Å². The van der Waals surface area contributed by atoms with Crippen molar-refractivity contribution in [2.24, 2.45) is 29.6 Å². The lowest BCUT2D eigenvalue weighted by atomic mass is 9.51. The maximum atomic E-state index is 12.3. The van der Waals surface area contributed by atoms with E-state index in [9.17, 15) is 9.00 Å². The van der Waals surface area contributed by atoms with Gasteiger partial charge in [-0.3, -0.25) is 9.00 Å². The minimum absolute atomic E-state index is 0.189. The Balaban J connectivity index is 1.85. The molecule has 0 heterocycles. The number of Topliss-reactive ketones (excluding diaryl/α,β-unsaturated/α-hetero) is 1. The van der Waals surface area contributed by atoms with Gasteiger partial charge in [-0.15, -0.1) is 0 Å². The molecule has 0 N–H and O–H groups in total. The molecule has 0 atom stereocenters. The van der Waals surface area contributed by atoms with E-state index in [4.69, 9.17) is 0 Å². The quantitative estimate of drug-likeness (QED) is 0.706. The molecule has 0 radical (unpaired) electrons. The molecule has 0 saturated heterocycles. The zero-order valence-electron chi connectivity index (χ0n) is 10.7. The third kappa shape index (κ3) is 2.18. The van der Waals surface area contributed by atoms with Gasteiger partial charge in [0.25, 0.3) is 0 Å². The van der Waals surface area contributed by atoms with Crippen molar-refractivity contribution < 1.29 is 9.00 Å². The smallest absolute Gasteiger partial charge is 0.167 e. The highest BCUT2D eigenvalue weighted by molar-refractivity contribution is 8.01. The molecule has 96 valence electrons. The molecule has 0 amide bonds. The van der Waals surface area contributed by atoms with E-state index in [2.05, 4.69) is 0 Å². The van der Waals surface area contributed by atoms with Crippen LogP contribution in [-0.2, 0) is 14.3 Å². The average Bonchev–Trinajstić information content (AvgIpc) is 2.11. The van der Waals surface area contributed by atoms with Crippen molar-refractivity contribution in [3.8, 4) is 0 Å². The highest BCUT2D eigenvalue weighted by Crippen LogP contribution is 2.56. The standard InChI is InChI=1S/C14H22O2S/c1-17(2,16)8-13(15)14-11-4-9-3-10(6-11)7-12(14)5-9/h8-12,14H,3-7H2,1-2H3. The van der Waals surface area contributed by atoms with E-state index in [0.29, 0.717) is 11.8 Å². The molecule has 4 saturated carbocycles. The highest BCUT2D eigenvalue weighted by atomic mass is 32.2. The van der Waals surface area contributed by atoms with Crippen LogP contribution in [-0.4, -0.2) is 27.9 Å². The Kier molecular flexibility index (Phi) is 2.66. The molecule has 3 heteroatoms. The summed E-state index contributed by atoms with van der Waals surface area (Å²) >= 11 is 0.